The lowest BCUT2D eigenvalue weighted by atomic mass is 9.58. The Morgan fingerprint density at radius 1 is 0.870 bits per heavy atom. The minimum absolute atomic E-state index is 0.0404. The zero-order chi connectivity index (χ0) is 36.0. The first-order valence-electron chi connectivity index (χ1n) is 22.9. The summed E-state index contributed by atoms with van der Waals surface area (Å²) in [5.74, 6) is 10.5. The van der Waals surface area contributed by atoms with E-state index in [1.807, 2.05) is 11.6 Å². The summed E-state index contributed by atoms with van der Waals surface area (Å²) in [6.07, 6.45) is 43.0. The molecule has 290 valence electrons. The second-order valence-corrected chi connectivity index (χ2v) is 20.0. The van der Waals surface area contributed by atoms with Crippen LogP contribution in [0.25, 0.3) is 0 Å². The number of nitrogens with zero attached hydrogens (tertiary/aromatic N) is 2. The first-order valence-corrected chi connectivity index (χ1v) is 22.9. The fourth-order valence-electron chi connectivity index (χ4n) is 14.9. The van der Waals surface area contributed by atoms with Crippen LogP contribution in [-0.4, -0.2) is 70.6 Å². The smallest absolute Gasteiger partial charge is 0.0731 e. The lowest BCUT2D eigenvalue weighted by molar-refractivity contribution is -0.0227. The van der Waals surface area contributed by atoms with Crippen LogP contribution in [0.5, 0.6) is 0 Å². The number of allylic oxidation sites excluding steroid dienone is 5. The molecule has 4 N–H and O–H groups in total. The molecule has 0 radical (unpaired) electrons. The van der Waals surface area contributed by atoms with Crippen molar-refractivity contribution < 1.29 is 4.74 Å². The summed E-state index contributed by atoms with van der Waals surface area (Å²) >= 11 is 0. The molecule has 6 fully saturated rings. The largest absolute Gasteiger partial charge is 0.373 e. The van der Waals surface area contributed by atoms with Gasteiger partial charge in [-0.15, -0.1) is 0 Å². The van der Waals surface area contributed by atoms with Crippen molar-refractivity contribution in [1.82, 2.24) is 20.4 Å². The molecule has 54 heavy (non-hydrogen) atoms. The molecule has 16 unspecified atom stereocenters. The van der Waals surface area contributed by atoms with Crippen molar-refractivity contribution in [2.24, 2.45) is 46.7 Å². The van der Waals surface area contributed by atoms with E-state index in [1.54, 1.807) is 5.70 Å². The van der Waals surface area contributed by atoms with E-state index in [2.05, 4.69) is 81.7 Å². The molecule has 8 aliphatic carbocycles. The van der Waals surface area contributed by atoms with Crippen molar-refractivity contribution in [2.75, 3.05) is 0 Å². The van der Waals surface area contributed by atoms with Gasteiger partial charge in [-0.2, -0.15) is 0 Å². The molecule has 6 nitrogen and oxygen atoms in total. The minimum atomic E-state index is -0.0404. The van der Waals surface area contributed by atoms with Crippen molar-refractivity contribution in [3.05, 3.63) is 59.9 Å². The number of nitrogens with one attached hydrogen (secondary N) is 2. The van der Waals surface area contributed by atoms with Gasteiger partial charge in [-0.05, 0) is 118 Å². The summed E-state index contributed by atoms with van der Waals surface area (Å²) < 4.78 is 7.38. The van der Waals surface area contributed by atoms with Crippen LogP contribution in [-0.2, 0) is 4.74 Å². The summed E-state index contributed by atoms with van der Waals surface area (Å²) in [7, 11) is 0. The van der Waals surface area contributed by atoms with E-state index in [9.17, 15) is 0 Å². The van der Waals surface area contributed by atoms with E-state index in [4.69, 9.17) is 10.5 Å². The second kappa shape index (κ2) is 14.1. The third-order valence-electron chi connectivity index (χ3n) is 17.4. The van der Waals surface area contributed by atoms with Crippen molar-refractivity contribution in [1.29, 1.82) is 0 Å². The third-order valence-corrected chi connectivity index (χ3v) is 17.4. The molecule has 3 heterocycles. The summed E-state index contributed by atoms with van der Waals surface area (Å²) in [5, 5.41) is 8.12. The standard InChI is InChI=1S/C48H67N5O/c1-48-26-14-25-43-36(48)22-13-24-39-44(45(48)54-43)35-27-34-33-21-11-12-23-38(33)53(40(34)29-41(35)52(39)32-19-9-4-10-20-32)42-28-37(42)50-47(31-17-7-3-8-18-31)51-46(49)30-15-5-2-6-16-30/h3-5,7,9-10,15,19,30-34,36-40,42-47,50-51H,2,6,11-14,16-17,20-29,49H2,1H3/t30?,31?,32?,33?,34-,36?,37?,38?,39?,40?,42?,43?,44?,45?,46?,47?,48?/m0/s1. The molecule has 0 spiro atoms. The number of likely N-dealkylation sites (tertiary alicyclic amines) is 1. The highest BCUT2D eigenvalue weighted by molar-refractivity contribution is 5.37. The van der Waals surface area contributed by atoms with E-state index < -0.39 is 0 Å². The molecule has 3 aliphatic heterocycles. The van der Waals surface area contributed by atoms with Crippen LogP contribution in [0.3, 0.4) is 0 Å². The van der Waals surface area contributed by atoms with Gasteiger partial charge < -0.3 is 15.4 Å². The molecule has 0 amide bonds. The maximum Gasteiger partial charge on any atom is 0.0731 e. The van der Waals surface area contributed by atoms with Crippen molar-refractivity contribution >= 4 is 0 Å². The van der Waals surface area contributed by atoms with Gasteiger partial charge in [-0.1, -0.05) is 87.0 Å². The van der Waals surface area contributed by atoms with Crippen LogP contribution in [0.4, 0.5) is 0 Å². The molecular formula is C48H67N5O. The van der Waals surface area contributed by atoms with Gasteiger partial charge in [0.25, 0.3) is 0 Å². The van der Waals surface area contributed by atoms with E-state index in [1.165, 1.54) is 103 Å². The normalized spacial score (nSPS) is 48.2. The first-order chi connectivity index (χ1) is 26.6. The lowest BCUT2D eigenvalue weighted by Gasteiger charge is -2.46. The minimum Gasteiger partial charge on any atom is -0.373 e. The Bertz CT molecular complexity index is 1670. The van der Waals surface area contributed by atoms with Gasteiger partial charge in [-0.25, -0.2) is 0 Å². The maximum atomic E-state index is 7.38. The number of nitrogens with two attached hydrogens (primary N) is 1. The Labute approximate surface area is 325 Å². The Kier molecular flexibility index (Phi) is 9.12. The van der Waals surface area contributed by atoms with E-state index in [0.29, 0.717) is 59.7 Å². The van der Waals surface area contributed by atoms with Gasteiger partial charge in [0.1, 0.15) is 0 Å². The van der Waals surface area contributed by atoms with Gasteiger partial charge in [-0.3, -0.25) is 15.5 Å². The third kappa shape index (κ3) is 5.75. The predicted molar refractivity (Wildman–Crippen MR) is 217 cm³/mol. The molecule has 0 aromatic heterocycles. The quantitative estimate of drug-likeness (QED) is 0.135. The molecule has 4 bridgehead atoms. The number of rotatable bonds is 8. The molecule has 4 saturated carbocycles. The van der Waals surface area contributed by atoms with Crippen molar-refractivity contribution in [3.63, 3.8) is 0 Å². The first kappa shape index (κ1) is 35.1. The SMILES string of the molecule is CC12CCCC3OC1C1C4=C(CC5[C@@H](C4)C4CCCCC4N5C4CC4NC(NC(N)C4C=CCCC4)C4C#CC=CC4)N(C4C=CC=CC4)C1CCCC32. The fraction of sp³-hybridized carbons (Fsp3) is 0.750. The Morgan fingerprint density at radius 3 is 2.65 bits per heavy atom. The van der Waals surface area contributed by atoms with Crippen LogP contribution in [0.1, 0.15) is 122 Å². The Hall–Kier alpha value is -2.14. The van der Waals surface area contributed by atoms with Crippen molar-refractivity contribution in [3.8, 4) is 11.8 Å². The molecular weight excluding hydrogens is 663 g/mol. The average Bonchev–Trinajstić information content (AvgIpc) is 3.72. The number of ether oxygens (including phenoxy) is 1. The van der Waals surface area contributed by atoms with Crippen LogP contribution >= 0.6 is 0 Å². The molecule has 11 rings (SSSR count). The highest BCUT2D eigenvalue weighted by Crippen LogP contribution is 2.64. The van der Waals surface area contributed by atoms with Crippen LogP contribution in [0.2, 0.25) is 0 Å². The molecule has 0 aromatic rings. The molecule has 2 saturated heterocycles. The van der Waals surface area contributed by atoms with Gasteiger partial charge in [0.05, 0.1) is 36.5 Å². The maximum absolute atomic E-state index is 7.38. The number of hydrogen-bond donors (Lipinski definition) is 3. The molecule has 17 atom stereocenters. The molecule has 0 aromatic carbocycles. The van der Waals surface area contributed by atoms with Crippen molar-refractivity contribution in [2.45, 2.75) is 183 Å². The molecule has 11 aliphatic rings. The summed E-state index contributed by atoms with van der Waals surface area (Å²) in [6, 6.07) is 3.62. The second-order valence-electron chi connectivity index (χ2n) is 20.0. The van der Waals surface area contributed by atoms with E-state index in [0.717, 1.165) is 36.6 Å². The van der Waals surface area contributed by atoms with Crippen LogP contribution in [0, 0.1) is 52.8 Å². The Balaban J connectivity index is 0.898. The van der Waals surface area contributed by atoms with E-state index in [-0.39, 0.29) is 18.2 Å². The predicted octanol–water partition coefficient (Wildman–Crippen LogP) is 7.70. The van der Waals surface area contributed by atoms with Crippen LogP contribution < -0.4 is 16.4 Å². The van der Waals surface area contributed by atoms with E-state index >= 15 is 0 Å². The lowest BCUT2D eigenvalue weighted by Crippen LogP contribution is -2.58. The van der Waals surface area contributed by atoms with Gasteiger partial charge in [0, 0.05) is 54.2 Å². The van der Waals surface area contributed by atoms with Gasteiger partial charge >= 0.3 is 0 Å². The highest BCUT2D eigenvalue weighted by Gasteiger charge is 2.65. The monoisotopic (exact) mass is 730 g/mol. The molecule has 6 heteroatoms. The van der Waals surface area contributed by atoms with Crippen LogP contribution in [0.15, 0.2) is 59.9 Å². The summed E-state index contributed by atoms with van der Waals surface area (Å²) in [4.78, 5) is 6.21. The number of fused-ring (bicyclic) bond motifs is 6. The Morgan fingerprint density at radius 2 is 1.80 bits per heavy atom. The fourth-order valence-corrected chi connectivity index (χ4v) is 14.9. The zero-order valence-corrected chi connectivity index (χ0v) is 33.0. The van der Waals surface area contributed by atoms with Gasteiger partial charge in [0.2, 0.25) is 0 Å². The number of hydrogen-bond acceptors (Lipinski definition) is 6. The summed E-state index contributed by atoms with van der Waals surface area (Å²) in [6.45, 7) is 2.67. The van der Waals surface area contributed by atoms with Gasteiger partial charge in [0.15, 0.2) is 0 Å². The topological polar surface area (TPSA) is 65.8 Å². The average molecular weight is 730 g/mol. The highest BCUT2D eigenvalue weighted by atomic mass is 16.5. The zero-order valence-electron chi connectivity index (χ0n) is 33.0. The summed E-state index contributed by atoms with van der Waals surface area (Å²) in [5.41, 5.74) is 10.9.